The highest BCUT2D eigenvalue weighted by Gasteiger charge is 2.12. The quantitative estimate of drug-likeness (QED) is 0.521. The molecule has 116 valence electrons. The zero-order valence-electron chi connectivity index (χ0n) is 13.1. The second kappa shape index (κ2) is 6.85. The third kappa shape index (κ3) is 2.98. The Kier molecular flexibility index (Phi) is 4.88. The summed E-state index contributed by atoms with van der Waals surface area (Å²) in [5.41, 5.74) is 3.14. The number of hydrogen-bond acceptors (Lipinski definition) is 5. The van der Waals surface area contributed by atoms with Crippen LogP contribution in [0.15, 0.2) is 41.6 Å². The maximum atomic E-state index is 8.95. The van der Waals surface area contributed by atoms with Gasteiger partial charge in [0.15, 0.2) is 11.5 Å². The van der Waals surface area contributed by atoms with Gasteiger partial charge in [-0.1, -0.05) is 11.2 Å². The van der Waals surface area contributed by atoms with E-state index in [9.17, 15) is 0 Å². The van der Waals surface area contributed by atoms with E-state index in [2.05, 4.69) is 5.16 Å². The van der Waals surface area contributed by atoms with E-state index in [4.69, 9.17) is 19.4 Å². The summed E-state index contributed by atoms with van der Waals surface area (Å²) in [7, 11) is 4.81. The van der Waals surface area contributed by atoms with Gasteiger partial charge in [0.2, 0.25) is 0 Å². The maximum Gasteiger partial charge on any atom is 0.161 e. The van der Waals surface area contributed by atoms with E-state index in [0.29, 0.717) is 17.2 Å². The molecular weight excluding hydrogens is 282 g/mol. The van der Waals surface area contributed by atoms with Gasteiger partial charge < -0.3 is 19.4 Å². The fourth-order valence-electron chi connectivity index (χ4n) is 2.22. The Morgan fingerprint density at radius 3 is 2.09 bits per heavy atom. The first-order chi connectivity index (χ1) is 10.6. The number of hydrogen-bond donors (Lipinski definition) is 1. The van der Waals surface area contributed by atoms with Crippen molar-refractivity contribution in [2.75, 3.05) is 21.3 Å². The molecule has 0 atom stereocenters. The van der Waals surface area contributed by atoms with E-state index in [-0.39, 0.29) is 0 Å². The summed E-state index contributed by atoms with van der Waals surface area (Å²) in [6.07, 6.45) is 0. The van der Waals surface area contributed by atoms with Crippen molar-refractivity contribution < 1.29 is 19.4 Å². The van der Waals surface area contributed by atoms with Gasteiger partial charge in [-0.2, -0.15) is 0 Å². The van der Waals surface area contributed by atoms with Crippen molar-refractivity contribution in [3.8, 4) is 28.4 Å². The zero-order chi connectivity index (χ0) is 16.1. The average Bonchev–Trinajstić information content (AvgIpc) is 2.59. The molecule has 0 unspecified atom stereocenters. The second-order valence-corrected chi connectivity index (χ2v) is 4.67. The van der Waals surface area contributed by atoms with E-state index < -0.39 is 0 Å². The van der Waals surface area contributed by atoms with Gasteiger partial charge in [0, 0.05) is 5.56 Å². The molecule has 0 aromatic heterocycles. The van der Waals surface area contributed by atoms with Crippen LogP contribution in [0.5, 0.6) is 17.2 Å². The molecule has 2 aromatic rings. The lowest BCUT2D eigenvalue weighted by Crippen LogP contribution is -1.97. The van der Waals surface area contributed by atoms with Crippen molar-refractivity contribution in [3.05, 3.63) is 42.0 Å². The minimum absolute atomic E-state index is 0.532. The molecule has 0 saturated heterocycles. The Morgan fingerprint density at radius 2 is 1.50 bits per heavy atom. The Balaban J connectivity index is 2.59. The lowest BCUT2D eigenvalue weighted by atomic mass is 9.99. The molecule has 1 N–H and O–H groups in total. The number of nitrogens with zero attached hydrogens (tertiary/aromatic N) is 1. The minimum Gasteiger partial charge on any atom is -0.496 e. The van der Waals surface area contributed by atoms with Gasteiger partial charge in [0.1, 0.15) is 5.75 Å². The van der Waals surface area contributed by atoms with E-state index in [1.54, 1.807) is 28.3 Å². The summed E-state index contributed by atoms with van der Waals surface area (Å²) in [6, 6.07) is 11.2. The fourth-order valence-corrected chi connectivity index (χ4v) is 2.22. The van der Waals surface area contributed by atoms with Crippen molar-refractivity contribution in [2.45, 2.75) is 6.92 Å². The van der Waals surface area contributed by atoms with Crippen LogP contribution in [-0.2, 0) is 0 Å². The number of benzene rings is 2. The highest BCUT2D eigenvalue weighted by molar-refractivity contribution is 5.99. The highest BCUT2D eigenvalue weighted by Crippen LogP contribution is 2.36. The molecule has 0 heterocycles. The third-order valence-electron chi connectivity index (χ3n) is 3.46. The molecule has 0 aliphatic rings. The zero-order valence-corrected chi connectivity index (χ0v) is 13.1. The van der Waals surface area contributed by atoms with Gasteiger partial charge >= 0.3 is 0 Å². The molecule has 0 bridgehead atoms. The first kappa shape index (κ1) is 15.7. The van der Waals surface area contributed by atoms with Crippen LogP contribution in [0.1, 0.15) is 12.5 Å². The summed E-state index contributed by atoms with van der Waals surface area (Å²) in [6.45, 7) is 1.74. The Hall–Kier alpha value is -2.69. The van der Waals surface area contributed by atoms with Crippen LogP contribution in [0.2, 0.25) is 0 Å². The standard InChI is InChI=1S/C17H19NO4/c1-11(18-19)12-5-7-15(20-2)14(9-12)13-6-8-16(21-3)17(10-13)22-4/h5-10,19H,1-4H3/b18-11+. The lowest BCUT2D eigenvalue weighted by Gasteiger charge is -2.13. The van der Waals surface area contributed by atoms with Crippen molar-refractivity contribution in [3.63, 3.8) is 0 Å². The number of oxime groups is 1. The van der Waals surface area contributed by atoms with Crippen molar-refractivity contribution in [1.82, 2.24) is 0 Å². The van der Waals surface area contributed by atoms with E-state index in [0.717, 1.165) is 22.4 Å². The number of rotatable bonds is 5. The number of ether oxygens (including phenoxy) is 3. The smallest absolute Gasteiger partial charge is 0.161 e. The average molecular weight is 301 g/mol. The molecule has 0 spiro atoms. The molecule has 0 fully saturated rings. The molecule has 0 radical (unpaired) electrons. The van der Waals surface area contributed by atoms with Gasteiger partial charge in [-0.05, 0) is 48.4 Å². The predicted molar refractivity (Wildman–Crippen MR) is 85.5 cm³/mol. The minimum atomic E-state index is 0.532. The Bertz CT molecular complexity index is 695. The van der Waals surface area contributed by atoms with Crippen LogP contribution in [0.4, 0.5) is 0 Å². The summed E-state index contributed by atoms with van der Waals surface area (Å²) in [5.74, 6) is 2.02. The SMILES string of the molecule is COc1ccc(-c2cc(/C(C)=N/O)ccc2OC)cc1OC. The molecule has 0 aliphatic carbocycles. The van der Waals surface area contributed by atoms with Crippen LogP contribution in [0.3, 0.4) is 0 Å². The molecule has 5 nitrogen and oxygen atoms in total. The van der Waals surface area contributed by atoms with Crippen LogP contribution >= 0.6 is 0 Å². The molecule has 22 heavy (non-hydrogen) atoms. The summed E-state index contributed by atoms with van der Waals surface area (Å²) < 4.78 is 16.0. The second-order valence-electron chi connectivity index (χ2n) is 4.67. The largest absolute Gasteiger partial charge is 0.496 e. The molecule has 0 aliphatic heterocycles. The normalized spacial score (nSPS) is 11.2. The summed E-state index contributed by atoms with van der Waals surface area (Å²) in [4.78, 5) is 0. The van der Waals surface area contributed by atoms with Gasteiger partial charge in [-0.25, -0.2) is 0 Å². The monoisotopic (exact) mass is 301 g/mol. The van der Waals surface area contributed by atoms with Gasteiger partial charge in [0.05, 0.1) is 27.0 Å². The van der Waals surface area contributed by atoms with Crippen LogP contribution < -0.4 is 14.2 Å². The van der Waals surface area contributed by atoms with Crippen LogP contribution in [0.25, 0.3) is 11.1 Å². The topological polar surface area (TPSA) is 60.3 Å². The van der Waals surface area contributed by atoms with E-state index >= 15 is 0 Å². The highest BCUT2D eigenvalue weighted by atomic mass is 16.5. The molecule has 0 amide bonds. The van der Waals surface area contributed by atoms with E-state index in [1.165, 1.54) is 0 Å². The maximum absolute atomic E-state index is 8.95. The van der Waals surface area contributed by atoms with Crippen molar-refractivity contribution >= 4 is 5.71 Å². The Morgan fingerprint density at radius 1 is 0.864 bits per heavy atom. The number of methoxy groups -OCH3 is 3. The first-order valence-corrected chi connectivity index (χ1v) is 6.74. The molecular formula is C17H19NO4. The first-order valence-electron chi connectivity index (χ1n) is 6.74. The molecule has 0 saturated carbocycles. The molecule has 5 heteroatoms. The third-order valence-corrected chi connectivity index (χ3v) is 3.46. The van der Waals surface area contributed by atoms with E-state index in [1.807, 2.05) is 36.4 Å². The molecule has 2 aromatic carbocycles. The van der Waals surface area contributed by atoms with Crippen molar-refractivity contribution in [1.29, 1.82) is 0 Å². The van der Waals surface area contributed by atoms with Gasteiger partial charge in [0.25, 0.3) is 0 Å². The predicted octanol–water partition coefficient (Wildman–Crippen LogP) is 3.58. The Labute approximate surface area is 129 Å². The summed E-state index contributed by atoms with van der Waals surface area (Å²) >= 11 is 0. The van der Waals surface area contributed by atoms with Gasteiger partial charge in [-0.3, -0.25) is 0 Å². The van der Waals surface area contributed by atoms with Crippen molar-refractivity contribution in [2.24, 2.45) is 5.16 Å². The van der Waals surface area contributed by atoms with Crippen LogP contribution in [-0.4, -0.2) is 32.2 Å². The fraction of sp³-hybridized carbons (Fsp3) is 0.235. The lowest BCUT2D eigenvalue weighted by molar-refractivity contribution is 0.319. The molecule has 2 rings (SSSR count). The van der Waals surface area contributed by atoms with Crippen LogP contribution in [0, 0.1) is 0 Å². The summed E-state index contributed by atoms with van der Waals surface area (Å²) in [5, 5.41) is 12.2. The van der Waals surface area contributed by atoms with Gasteiger partial charge in [-0.15, -0.1) is 0 Å².